The number of hydrogen-bond donors (Lipinski definition) is 1. The maximum atomic E-state index is 13.3. The Balaban J connectivity index is 2.34. The van der Waals surface area contributed by atoms with Crippen molar-refractivity contribution in [2.24, 2.45) is 17.8 Å². The monoisotopic (exact) mass is 475 g/mol. The van der Waals surface area contributed by atoms with Gasteiger partial charge in [0.05, 0.1) is 5.92 Å². The predicted molar refractivity (Wildman–Crippen MR) is 112 cm³/mol. The van der Waals surface area contributed by atoms with Crippen LogP contribution in [-0.2, 0) is 23.8 Å². The number of ether oxygens (including phenoxy) is 3. The number of carbonyl (C=O) groups is 3. The Kier molecular flexibility index (Phi) is 6.14. The number of nitrogens with one attached hydrogen (secondary N) is 1. The average Bonchev–Trinajstić information content (AvgIpc) is 3.10. The van der Waals surface area contributed by atoms with E-state index < -0.39 is 46.2 Å². The molecule has 0 aromatic rings. The van der Waals surface area contributed by atoms with E-state index in [1.165, 1.54) is 0 Å². The van der Waals surface area contributed by atoms with Crippen LogP contribution in [-0.4, -0.2) is 45.2 Å². The number of fused-ring (bicyclic) bond motifs is 1. The van der Waals surface area contributed by atoms with E-state index in [9.17, 15) is 14.4 Å². The van der Waals surface area contributed by atoms with Gasteiger partial charge in [-0.15, -0.1) is 0 Å². The standard InChI is InChI=1S/C21H34BrNO6/c1-18(2,3)27-15(24)13-12-11(22)10-21(14(12)13,16(25)28-19(4,5)6)23-17(26)29-20(7,8)9/h11-14H,10H2,1-9H3,(H,23,26)/t11-,12+,13+,14+,21+/m1/s1. The second kappa shape index (κ2) is 7.43. The van der Waals surface area contributed by atoms with Gasteiger partial charge >= 0.3 is 18.0 Å². The maximum Gasteiger partial charge on any atom is 0.408 e. The molecule has 2 aliphatic rings. The first-order chi connectivity index (χ1) is 12.9. The zero-order valence-electron chi connectivity index (χ0n) is 18.8. The van der Waals surface area contributed by atoms with Gasteiger partial charge in [0.15, 0.2) is 0 Å². The molecule has 5 atom stereocenters. The van der Waals surface area contributed by atoms with Crippen LogP contribution in [0.15, 0.2) is 0 Å². The Morgan fingerprint density at radius 2 is 1.34 bits per heavy atom. The molecule has 0 bridgehead atoms. The molecule has 2 rings (SSSR count). The van der Waals surface area contributed by atoms with Crippen LogP contribution in [0.5, 0.6) is 0 Å². The van der Waals surface area contributed by atoms with Crippen molar-refractivity contribution in [3.8, 4) is 0 Å². The van der Waals surface area contributed by atoms with Crippen molar-refractivity contribution in [2.75, 3.05) is 0 Å². The minimum Gasteiger partial charge on any atom is -0.460 e. The van der Waals surface area contributed by atoms with Crippen molar-refractivity contribution in [2.45, 2.75) is 95.9 Å². The van der Waals surface area contributed by atoms with E-state index in [-0.39, 0.29) is 16.7 Å². The summed E-state index contributed by atoms with van der Waals surface area (Å²) in [7, 11) is 0. The van der Waals surface area contributed by atoms with Gasteiger partial charge < -0.3 is 19.5 Å². The van der Waals surface area contributed by atoms with Crippen LogP contribution in [0.2, 0.25) is 0 Å². The van der Waals surface area contributed by atoms with Crippen LogP contribution < -0.4 is 5.32 Å². The van der Waals surface area contributed by atoms with Gasteiger partial charge in [0.1, 0.15) is 22.3 Å². The van der Waals surface area contributed by atoms with Crippen molar-refractivity contribution in [1.82, 2.24) is 5.32 Å². The minimum absolute atomic E-state index is 0.118. The molecule has 2 aliphatic carbocycles. The molecule has 8 heteroatoms. The molecule has 2 fully saturated rings. The topological polar surface area (TPSA) is 90.9 Å². The number of alkyl halides is 1. The Labute approximate surface area is 181 Å². The third-order valence-corrected chi connectivity index (χ3v) is 5.68. The van der Waals surface area contributed by atoms with Crippen molar-refractivity contribution in [3.63, 3.8) is 0 Å². The number of rotatable bonds is 3. The summed E-state index contributed by atoms with van der Waals surface area (Å²) < 4.78 is 16.6. The second-order valence-corrected chi connectivity index (χ2v) is 12.2. The van der Waals surface area contributed by atoms with Gasteiger partial charge in [-0.05, 0) is 74.7 Å². The molecule has 29 heavy (non-hydrogen) atoms. The highest BCUT2D eigenvalue weighted by atomic mass is 79.9. The van der Waals surface area contributed by atoms with Crippen molar-refractivity contribution in [3.05, 3.63) is 0 Å². The van der Waals surface area contributed by atoms with Crippen molar-refractivity contribution < 1.29 is 28.6 Å². The van der Waals surface area contributed by atoms with Gasteiger partial charge in [0, 0.05) is 10.7 Å². The summed E-state index contributed by atoms with van der Waals surface area (Å²) >= 11 is 3.60. The summed E-state index contributed by atoms with van der Waals surface area (Å²) in [5, 5.41) is 2.77. The molecule has 7 nitrogen and oxygen atoms in total. The van der Waals surface area contributed by atoms with Gasteiger partial charge in [-0.2, -0.15) is 0 Å². The van der Waals surface area contributed by atoms with E-state index in [0.717, 1.165) is 0 Å². The van der Waals surface area contributed by atoms with Crippen LogP contribution in [0.4, 0.5) is 4.79 Å². The zero-order valence-corrected chi connectivity index (χ0v) is 20.4. The van der Waals surface area contributed by atoms with Gasteiger partial charge in [-0.1, -0.05) is 15.9 Å². The smallest absolute Gasteiger partial charge is 0.408 e. The van der Waals surface area contributed by atoms with Gasteiger partial charge in [-0.25, -0.2) is 9.59 Å². The Morgan fingerprint density at radius 1 is 0.862 bits per heavy atom. The highest BCUT2D eigenvalue weighted by molar-refractivity contribution is 9.09. The molecule has 2 saturated carbocycles. The lowest BCUT2D eigenvalue weighted by Crippen LogP contribution is -2.59. The SMILES string of the molecule is CC(C)(C)OC(=O)N[C@@]1(C(=O)OC(C)(C)C)C[C@@H](Br)[C@H]2[C@H](C(=O)OC(C)(C)C)[C@H]21. The molecule has 1 amide bonds. The fourth-order valence-electron chi connectivity index (χ4n) is 3.93. The lowest BCUT2D eigenvalue weighted by Gasteiger charge is -2.35. The molecule has 0 aromatic carbocycles. The van der Waals surface area contributed by atoms with Crippen LogP contribution >= 0.6 is 15.9 Å². The highest BCUT2D eigenvalue weighted by Crippen LogP contribution is 2.65. The lowest BCUT2D eigenvalue weighted by atomic mass is 9.90. The average molecular weight is 476 g/mol. The van der Waals surface area contributed by atoms with E-state index in [4.69, 9.17) is 14.2 Å². The molecule has 0 aliphatic heterocycles. The summed E-state index contributed by atoms with van der Waals surface area (Å²) in [6.07, 6.45) is -0.394. The van der Waals surface area contributed by atoms with E-state index in [1.807, 2.05) is 0 Å². The number of halogens is 1. The van der Waals surface area contributed by atoms with Gasteiger partial charge in [0.2, 0.25) is 0 Å². The van der Waals surface area contributed by atoms with Crippen molar-refractivity contribution in [1.29, 1.82) is 0 Å². The molecular formula is C21H34BrNO6. The van der Waals surface area contributed by atoms with Gasteiger partial charge in [0.25, 0.3) is 0 Å². The summed E-state index contributed by atoms with van der Waals surface area (Å²) in [4.78, 5) is 38.5. The quantitative estimate of drug-likeness (QED) is 0.377. The molecule has 0 aromatic heterocycles. The fourth-order valence-corrected chi connectivity index (χ4v) is 5.10. The molecule has 1 N–H and O–H groups in total. The Bertz CT molecular complexity index is 687. The fraction of sp³-hybridized carbons (Fsp3) is 0.857. The molecule has 0 radical (unpaired) electrons. The lowest BCUT2D eigenvalue weighted by molar-refractivity contribution is -0.165. The van der Waals surface area contributed by atoms with E-state index in [2.05, 4.69) is 21.2 Å². The van der Waals surface area contributed by atoms with Crippen LogP contribution in [0.1, 0.15) is 68.7 Å². The van der Waals surface area contributed by atoms with Gasteiger partial charge in [-0.3, -0.25) is 4.79 Å². The largest absolute Gasteiger partial charge is 0.460 e. The molecular weight excluding hydrogens is 442 g/mol. The molecule has 0 heterocycles. The second-order valence-electron chi connectivity index (χ2n) is 11.0. The summed E-state index contributed by atoms with van der Waals surface area (Å²) in [5.74, 6) is -1.94. The molecule has 166 valence electrons. The summed E-state index contributed by atoms with van der Waals surface area (Å²) in [6.45, 7) is 15.9. The zero-order chi connectivity index (χ0) is 22.6. The van der Waals surface area contributed by atoms with Crippen LogP contribution in [0, 0.1) is 17.8 Å². The normalized spacial score (nSPS) is 31.5. The summed E-state index contributed by atoms with van der Waals surface area (Å²) in [6, 6.07) is 0. The number of amides is 1. The molecule has 0 unspecified atom stereocenters. The first-order valence-electron chi connectivity index (χ1n) is 9.98. The van der Waals surface area contributed by atoms with Crippen LogP contribution in [0.25, 0.3) is 0 Å². The van der Waals surface area contributed by atoms with Crippen LogP contribution in [0.3, 0.4) is 0 Å². The number of carbonyl (C=O) groups excluding carboxylic acids is 3. The number of hydrogen-bond acceptors (Lipinski definition) is 6. The third-order valence-electron chi connectivity index (χ3n) is 4.75. The molecule has 0 saturated heterocycles. The van der Waals surface area contributed by atoms with E-state index >= 15 is 0 Å². The first kappa shape index (κ1) is 24.0. The van der Waals surface area contributed by atoms with E-state index in [0.29, 0.717) is 6.42 Å². The first-order valence-corrected chi connectivity index (χ1v) is 10.9. The van der Waals surface area contributed by atoms with Crippen molar-refractivity contribution >= 4 is 34.0 Å². The number of alkyl carbamates (subject to hydrolysis) is 1. The summed E-state index contributed by atoms with van der Waals surface area (Å²) in [5.41, 5.74) is -3.45. The Hall–Kier alpha value is -1.31. The number of esters is 2. The Morgan fingerprint density at radius 3 is 1.79 bits per heavy atom. The predicted octanol–water partition coefficient (Wildman–Crippen LogP) is 3.96. The van der Waals surface area contributed by atoms with E-state index in [1.54, 1.807) is 62.3 Å². The minimum atomic E-state index is -1.35. The highest BCUT2D eigenvalue weighted by Gasteiger charge is 2.76. The molecule has 0 spiro atoms. The maximum absolute atomic E-state index is 13.3. The third kappa shape index (κ3) is 5.64.